The van der Waals surface area contributed by atoms with Crippen LogP contribution in [0, 0.1) is 0 Å². The lowest BCUT2D eigenvalue weighted by Crippen LogP contribution is -2.55. The number of nitrogens with one attached hydrogen (secondary N) is 2. The van der Waals surface area contributed by atoms with Crippen molar-refractivity contribution in [3.63, 3.8) is 0 Å². The summed E-state index contributed by atoms with van der Waals surface area (Å²) in [6, 6.07) is 16.2. The number of ketones is 1. The molecule has 1 aliphatic rings. The van der Waals surface area contributed by atoms with Gasteiger partial charge in [0, 0.05) is 12.3 Å². The molecule has 2 aromatic rings. The second kappa shape index (κ2) is 9.09. The van der Waals surface area contributed by atoms with Crippen LogP contribution in [-0.4, -0.2) is 37.1 Å². The van der Waals surface area contributed by atoms with Crippen molar-refractivity contribution < 1.29 is 23.9 Å². The van der Waals surface area contributed by atoms with Gasteiger partial charge in [-0.1, -0.05) is 48.5 Å². The van der Waals surface area contributed by atoms with Gasteiger partial charge >= 0.3 is 12.1 Å². The van der Waals surface area contributed by atoms with Crippen molar-refractivity contribution >= 4 is 17.8 Å². The van der Waals surface area contributed by atoms with Crippen molar-refractivity contribution in [1.29, 1.82) is 0 Å². The molecule has 0 heterocycles. The Morgan fingerprint density at radius 1 is 0.933 bits per heavy atom. The number of hydrogen-bond acceptors (Lipinski definition) is 6. The summed E-state index contributed by atoms with van der Waals surface area (Å²) in [4.78, 5) is 35.7. The summed E-state index contributed by atoms with van der Waals surface area (Å²) in [5.74, 6) is -0.728. The number of hydrazine groups is 1. The first-order valence-corrected chi connectivity index (χ1v) is 9.81. The third-order valence-electron chi connectivity index (χ3n) is 5.30. The van der Waals surface area contributed by atoms with E-state index < -0.39 is 17.6 Å². The fourth-order valence-corrected chi connectivity index (χ4v) is 3.54. The van der Waals surface area contributed by atoms with Gasteiger partial charge in [-0.2, -0.15) is 0 Å². The van der Waals surface area contributed by atoms with Crippen LogP contribution in [0.4, 0.5) is 4.79 Å². The van der Waals surface area contributed by atoms with Crippen LogP contribution in [0.5, 0.6) is 0 Å². The topological polar surface area (TPSA) is 93.7 Å². The van der Waals surface area contributed by atoms with Crippen molar-refractivity contribution in [2.24, 2.45) is 0 Å². The first-order chi connectivity index (χ1) is 14.3. The molecular weight excluding hydrogens is 384 g/mol. The third-order valence-corrected chi connectivity index (χ3v) is 5.30. The van der Waals surface area contributed by atoms with E-state index in [-0.39, 0.29) is 31.1 Å². The highest BCUT2D eigenvalue weighted by Gasteiger charge is 2.30. The molecule has 0 atom stereocenters. The number of fused-ring (bicyclic) bond motifs is 3. The molecule has 7 nitrogen and oxygen atoms in total. The van der Waals surface area contributed by atoms with Gasteiger partial charge in [0.25, 0.3) is 0 Å². The van der Waals surface area contributed by atoms with Gasteiger partial charge in [-0.3, -0.25) is 15.0 Å². The molecule has 2 aromatic carbocycles. The molecule has 7 heteroatoms. The van der Waals surface area contributed by atoms with Gasteiger partial charge in [-0.05, 0) is 36.1 Å². The summed E-state index contributed by atoms with van der Waals surface area (Å²) in [7, 11) is 1.27. The molecule has 0 bridgehead atoms. The summed E-state index contributed by atoms with van der Waals surface area (Å²) >= 11 is 0. The molecule has 30 heavy (non-hydrogen) atoms. The van der Waals surface area contributed by atoms with Gasteiger partial charge in [0.15, 0.2) is 5.78 Å². The average Bonchev–Trinajstić information content (AvgIpc) is 3.08. The zero-order valence-electron chi connectivity index (χ0n) is 17.4. The second-order valence-corrected chi connectivity index (χ2v) is 7.70. The molecule has 1 amide bonds. The van der Waals surface area contributed by atoms with Crippen LogP contribution in [0.25, 0.3) is 11.1 Å². The molecule has 3 rings (SSSR count). The SMILES string of the molecule is COC(=O)CCC(=O)C(C)(C)NNC(=O)OCC1c2ccccc2-c2ccccc21. The lowest BCUT2D eigenvalue weighted by molar-refractivity contribution is -0.142. The Labute approximate surface area is 175 Å². The molecule has 0 aliphatic heterocycles. The Bertz CT molecular complexity index is 909. The van der Waals surface area contributed by atoms with E-state index >= 15 is 0 Å². The molecule has 2 N–H and O–H groups in total. The minimum Gasteiger partial charge on any atom is -0.469 e. The molecule has 1 aliphatic carbocycles. The summed E-state index contributed by atoms with van der Waals surface area (Å²) in [5.41, 5.74) is 8.61. The minimum absolute atomic E-state index is 0.00854. The molecule has 0 saturated heterocycles. The van der Waals surface area contributed by atoms with Crippen molar-refractivity contribution in [2.45, 2.75) is 38.1 Å². The van der Waals surface area contributed by atoms with Crippen LogP contribution in [0.15, 0.2) is 48.5 Å². The number of ether oxygens (including phenoxy) is 2. The third kappa shape index (κ3) is 4.68. The quantitative estimate of drug-likeness (QED) is 0.512. The van der Waals surface area contributed by atoms with Gasteiger partial charge in [-0.25, -0.2) is 10.2 Å². The van der Waals surface area contributed by atoms with Crippen LogP contribution >= 0.6 is 0 Å². The van der Waals surface area contributed by atoms with E-state index in [4.69, 9.17) is 4.74 Å². The number of hydrogen-bond donors (Lipinski definition) is 2. The van der Waals surface area contributed by atoms with E-state index in [1.54, 1.807) is 13.8 Å². The molecule has 0 saturated carbocycles. The molecule has 158 valence electrons. The maximum Gasteiger partial charge on any atom is 0.421 e. The number of rotatable bonds is 8. The number of Topliss-reactive ketones (excluding diaryl/α,β-unsaturated/α-hetero) is 1. The zero-order valence-corrected chi connectivity index (χ0v) is 17.4. The van der Waals surface area contributed by atoms with Crippen LogP contribution < -0.4 is 10.9 Å². The molecule has 0 unspecified atom stereocenters. The first kappa shape index (κ1) is 21.5. The standard InChI is InChI=1S/C23H26N2O5/c1-23(2,20(26)12-13-21(27)29-3)25-24-22(28)30-14-19-17-10-6-4-8-15(17)16-9-5-7-11-18(16)19/h4-11,19,25H,12-14H2,1-3H3,(H,24,28). The normalized spacial score (nSPS) is 12.6. The lowest BCUT2D eigenvalue weighted by Gasteiger charge is -2.25. The molecule has 0 aromatic heterocycles. The van der Waals surface area contributed by atoms with Gasteiger partial charge < -0.3 is 9.47 Å². The summed E-state index contributed by atoms with van der Waals surface area (Å²) in [6.07, 6.45) is -0.671. The zero-order chi connectivity index (χ0) is 21.7. The smallest absolute Gasteiger partial charge is 0.421 e. The number of carbonyl (C=O) groups excluding carboxylic acids is 3. The summed E-state index contributed by atoms with van der Waals surface area (Å²) < 4.78 is 9.97. The Kier molecular flexibility index (Phi) is 6.52. The summed E-state index contributed by atoms with van der Waals surface area (Å²) in [5, 5.41) is 0. The van der Waals surface area contributed by atoms with Gasteiger partial charge in [-0.15, -0.1) is 0 Å². The average molecular weight is 410 g/mol. The lowest BCUT2D eigenvalue weighted by atomic mass is 9.96. The van der Waals surface area contributed by atoms with E-state index in [0.29, 0.717) is 0 Å². The number of benzene rings is 2. The highest BCUT2D eigenvalue weighted by Crippen LogP contribution is 2.44. The maximum atomic E-state index is 12.3. The molecule has 0 radical (unpaired) electrons. The molecule has 0 fully saturated rings. The van der Waals surface area contributed by atoms with Crippen LogP contribution in [-0.2, 0) is 19.1 Å². The predicted octanol–water partition coefficient (Wildman–Crippen LogP) is 3.33. The molecule has 0 spiro atoms. The van der Waals surface area contributed by atoms with E-state index in [0.717, 1.165) is 22.3 Å². The maximum absolute atomic E-state index is 12.3. The van der Waals surface area contributed by atoms with Gasteiger partial charge in [0.2, 0.25) is 0 Å². The second-order valence-electron chi connectivity index (χ2n) is 7.70. The Balaban J connectivity index is 1.55. The van der Waals surface area contributed by atoms with Gasteiger partial charge in [0.1, 0.15) is 6.61 Å². The summed E-state index contributed by atoms with van der Waals surface area (Å²) in [6.45, 7) is 3.42. The molecular formula is C23H26N2O5. The van der Waals surface area contributed by atoms with Crippen LogP contribution in [0.3, 0.4) is 0 Å². The van der Waals surface area contributed by atoms with E-state index in [1.165, 1.54) is 7.11 Å². The van der Waals surface area contributed by atoms with E-state index in [2.05, 4.69) is 27.7 Å². The largest absolute Gasteiger partial charge is 0.469 e. The minimum atomic E-state index is -1.06. The van der Waals surface area contributed by atoms with Crippen molar-refractivity contribution in [2.75, 3.05) is 13.7 Å². The number of methoxy groups -OCH3 is 1. The van der Waals surface area contributed by atoms with Crippen molar-refractivity contribution in [3.05, 3.63) is 59.7 Å². The van der Waals surface area contributed by atoms with E-state index in [9.17, 15) is 14.4 Å². The van der Waals surface area contributed by atoms with Crippen molar-refractivity contribution in [3.8, 4) is 11.1 Å². The number of amides is 1. The Morgan fingerprint density at radius 3 is 2.07 bits per heavy atom. The highest BCUT2D eigenvalue weighted by molar-refractivity contribution is 5.90. The number of esters is 1. The fourth-order valence-electron chi connectivity index (χ4n) is 3.54. The highest BCUT2D eigenvalue weighted by atomic mass is 16.6. The number of carbonyl (C=O) groups is 3. The monoisotopic (exact) mass is 410 g/mol. The Morgan fingerprint density at radius 2 is 1.50 bits per heavy atom. The fraction of sp³-hybridized carbons (Fsp3) is 0.348. The first-order valence-electron chi connectivity index (χ1n) is 9.81. The van der Waals surface area contributed by atoms with E-state index in [1.807, 2.05) is 36.4 Å². The van der Waals surface area contributed by atoms with Crippen LogP contribution in [0.2, 0.25) is 0 Å². The van der Waals surface area contributed by atoms with Gasteiger partial charge in [0.05, 0.1) is 19.1 Å². The van der Waals surface area contributed by atoms with Crippen LogP contribution in [0.1, 0.15) is 43.7 Å². The predicted molar refractivity (Wildman–Crippen MR) is 112 cm³/mol. The Hall–Kier alpha value is -3.19. The van der Waals surface area contributed by atoms with Crippen molar-refractivity contribution in [1.82, 2.24) is 10.9 Å².